The van der Waals surface area contributed by atoms with Crippen molar-refractivity contribution in [1.29, 1.82) is 0 Å². The lowest BCUT2D eigenvalue weighted by Crippen LogP contribution is -2.10. The van der Waals surface area contributed by atoms with Crippen molar-refractivity contribution in [1.82, 2.24) is 14.4 Å². The normalized spacial score (nSPS) is 10.9. The number of amides is 1. The second-order valence-electron chi connectivity index (χ2n) is 5.71. The molecule has 0 saturated heterocycles. The Bertz CT molecular complexity index is 1080. The maximum atomic E-state index is 11.1. The molecule has 0 saturated carbocycles. The van der Waals surface area contributed by atoms with Crippen molar-refractivity contribution in [2.75, 3.05) is 5.73 Å². The number of imidazole rings is 1. The zero-order chi connectivity index (χ0) is 17.4. The molecule has 6 nitrogen and oxygen atoms in total. The molecule has 3 heterocycles. The number of pyridine rings is 2. The first-order chi connectivity index (χ1) is 12.1. The molecular formula is C19H15N5O. The van der Waals surface area contributed by atoms with Gasteiger partial charge < -0.3 is 11.5 Å². The zero-order valence-corrected chi connectivity index (χ0v) is 13.3. The Labute approximate surface area is 143 Å². The van der Waals surface area contributed by atoms with Crippen LogP contribution in [0.15, 0.2) is 67.1 Å². The van der Waals surface area contributed by atoms with Crippen molar-refractivity contribution < 1.29 is 4.79 Å². The van der Waals surface area contributed by atoms with Crippen LogP contribution in [0.4, 0.5) is 5.69 Å². The minimum absolute atomic E-state index is 0.384. The van der Waals surface area contributed by atoms with Gasteiger partial charge in [0.2, 0.25) is 5.91 Å². The predicted octanol–water partition coefficient (Wildman–Crippen LogP) is 2.74. The van der Waals surface area contributed by atoms with Gasteiger partial charge in [0, 0.05) is 29.2 Å². The topological polar surface area (TPSA) is 99.3 Å². The first-order valence-electron chi connectivity index (χ1n) is 7.71. The summed E-state index contributed by atoms with van der Waals surface area (Å²) in [4.78, 5) is 19.9. The zero-order valence-electron chi connectivity index (χ0n) is 13.3. The first kappa shape index (κ1) is 14.9. The lowest BCUT2D eigenvalue weighted by molar-refractivity contribution is 0.1000. The van der Waals surface area contributed by atoms with Gasteiger partial charge in [-0.15, -0.1) is 0 Å². The van der Waals surface area contributed by atoms with Gasteiger partial charge in [0.1, 0.15) is 5.65 Å². The first-order valence-corrected chi connectivity index (χ1v) is 7.71. The highest BCUT2D eigenvalue weighted by Crippen LogP contribution is 2.25. The van der Waals surface area contributed by atoms with E-state index in [1.54, 1.807) is 12.1 Å². The molecule has 0 aliphatic heterocycles. The molecular weight excluding hydrogens is 314 g/mol. The summed E-state index contributed by atoms with van der Waals surface area (Å²) in [5.74, 6) is -0.491. The molecule has 122 valence electrons. The second-order valence-corrected chi connectivity index (χ2v) is 5.71. The summed E-state index contributed by atoms with van der Waals surface area (Å²) in [6.45, 7) is 0. The molecule has 4 N–H and O–H groups in total. The van der Waals surface area contributed by atoms with Crippen molar-refractivity contribution >= 4 is 17.2 Å². The van der Waals surface area contributed by atoms with Crippen LogP contribution in [0.3, 0.4) is 0 Å². The predicted molar refractivity (Wildman–Crippen MR) is 96.8 cm³/mol. The largest absolute Gasteiger partial charge is 0.399 e. The highest BCUT2D eigenvalue weighted by Gasteiger charge is 2.09. The number of nitrogens with two attached hydrogens (primary N) is 2. The van der Waals surface area contributed by atoms with Crippen LogP contribution in [0.1, 0.15) is 10.4 Å². The molecule has 0 fully saturated rings. The van der Waals surface area contributed by atoms with Crippen molar-refractivity contribution in [3.05, 3.63) is 72.7 Å². The number of anilines is 1. The van der Waals surface area contributed by atoms with Crippen LogP contribution in [-0.2, 0) is 0 Å². The standard InChI is InChI=1S/C19H15N5O/c20-15-3-1-2-13(8-15)17-11-23-18-9-12(6-7-24(17)18)16-5-4-14(10-22-16)19(21)25/h1-11H,20H2,(H2,21,25). The Morgan fingerprint density at radius 3 is 2.56 bits per heavy atom. The molecule has 0 bridgehead atoms. The van der Waals surface area contributed by atoms with E-state index in [0.717, 1.165) is 28.2 Å². The maximum absolute atomic E-state index is 11.1. The van der Waals surface area contributed by atoms with Crippen LogP contribution >= 0.6 is 0 Å². The third-order valence-electron chi connectivity index (χ3n) is 4.04. The van der Waals surface area contributed by atoms with Gasteiger partial charge in [0.25, 0.3) is 0 Å². The van der Waals surface area contributed by atoms with Crippen molar-refractivity contribution in [3.63, 3.8) is 0 Å². The molecule has 1 amide bonds. The maximum Gasteiger partial charge on any atom is 0.250 e. The summed E-state index contributed by atoms with van der Waals surface area (Å²) >= 11 is 0. The number of nitrogen functional groups attached to an aromatic ring is 1. The van der Waals surface area contributed by atoms with E-state index in [-0.39, 0.29) is 0 Å². The van der Waals surface area contributed by atoms with Gasteiger partial charge in [-0.25, -0.2) is 4.98 Å². The fourth-order valence-electron chi connectivity index (χ4n) is 2.76. The third-order valence-corrected chi connectivity index (χ3v) is 4.04. The molecule has 0 atom stereocenters. The van der Waals surface area contributed by atoms with Crippen LogP contribution < -0.4 is 11.5 Å². The number of primary amides is 1. The van der Waals surface area contributed by atoms with E-state index in [0.29, 0.717) is 11.3 Å². The fraction of sp³-hybridized carbons (Fsp3) is 0. The van der Waals surface area contributed by atoms with E-state index in [2.05, 4.69) is 9.97 Å². The number of carbonyl (C=O) groups is 1. The highest BCUT2D eigenvalue weighted by atomic mass is 16.1. The van der Waals surface area contributed by atoms with Crippen LogP contribution in [0, 0.1) is 0 Å². The number of fused-ring (bicyclic) bond motifs is 1. The van der Waals surface area contributed by atoms with Crippen LogP contribution in [0.25, 0.3) is 28.2 Å². The van der Waals surface area contributed by atoms with E-state index in [1.165, 1.54) is 6.20 Å². The lowest BCUT2D eigenvalue weighted by Gasteiger charge is -2.05. The number of benzene rings is 1. The summed E-state index contributed by atoms with van der Waals surface area (Å²) in [6, 6.07) is 15.0. The Balaban J connectivity index is 1.76. The molecule has 6 heteroatoms. The van der Waals surface area contributed by atoms with E-state index in [1.807, 2.05) is 53.2 Å². The van der Waals surface area contributed by atoms with Gasteiger partial charge in [-0.2, -0.15) is 0 Å². The monoisotopic (exact) mass is 329 g/mol. The van der Waals surface area contributed by atoms with Crippen molar-refractivity contribution in [2.45, 2.75) is 0 Å². The molecule has 3 aromatic heterocycles. The van der Waals surface area contributed by atoms with Crippen molar-refractivity contribution in [2.24, 2.45) is 5.73 Å². The summed E-state index contributed by atoms with van der Waals surface area (Å²) in [7, 11) is 0. The lowest BCUT2D eigenvalue weighted by atomic mass is 10.1. The number of aromatic nitrogens is 3. The van der Waals surface area contributed by atoms with Gasteiger partial charge >= 0.3 is 0 Å². The molecule has 25 heavy (non-hydrogen) atoms. The molecule has 0 radical (unpaired) electrons. The number of nitrogens with zero attached hydrogens (tertiary/aromatic N) is 3. The summed E-state index contributed by atoms with van der Waals surface area (Å²) in [5.41, 5.74) is 16.6. The summed E-state index contributed by atoms with van der Waals surface area (Å²) < 4.78 is 2.00. The van der Waals surface area contributed by atoms with E-state index in [4.69, 9.17) is 11.5 Å². The molecule has 4 rings (SSSR count). The smallest absolute Gasteiger partial charge is 0.250 e. The molecule has 0 spiro atoms. The third kappa shape index (κ3) is 2.70. The number of hydrogen-bond donors (Lipinski definition) is 2. The molecule has 0 unspecified atom stereocenters. The average Bonchev–Trinajstić information content (AvgIpc) is 3.05. The second kappa shape index (κ2) is 5.76. The Hall–Kier alpha value is -3.67. The van der Waals surface area contributed by atoms with Gasteiger partial charge in [-0.3, -0.25) is 14.2 Å². The Morgan fingerprint density at radius 2 is 1.84 bits per heavy atom. The van der Waals surface area contributed by atoms with E-state index < -0.39 is 5.91 Å². The molecule has 0 aliphatic carbocycles. The highest BCUT2D eigenvalue weighted by molar-refractivity contribution is 5.92. The van der Waals surface area contributed by atoms with Gasteiger partial charge in [-0.1, -0.05) is 12.1 Å². The Kier molecular flexibility index (Phi) is 3.43. The SMILES string of the molecule is NC(=O)c1ccc(-c2ccn3c(-c4cccc(N)c4)cnc3c2)nc1. The number of hydrogen-bond acceptors (Lipinski definition) is 4. The van der Waals surface area contributed by atoms with Gasteiger partial charge in [0.15, 0.2) is 0 Å². The fourth-order valence-corrected chi connectivity index (χ4v) is 2.76. The number of carbonyl (C=O) groups excluding carboxylic acids is 1. The minimum Gasteiger partial charge on any atom is -0.399 e. The van der Waals surface area contributed by atoms with Gasteiger partial charge in [0.05, 0.1) is 23.1 Å². The summed E-state index contributed by atoms with van der Waals surface area (Å²) in [6.07, 6.45) is 5.24. The van der Waals surface area contributed by atoms with E-state index in [9.17, 15) is 4.79 Å². The Morgan fingerprint density at radius 1 is 0.960 bits per heavy atom. The van der Waals surface area contributed by atoms with Crippen molar-refractivity contribution in [3.8, 4) is 22.5 Å². The summed E-state index contributed by atoms with van der Waals surface area (Å²) in [5, 5.41) is 0. The van der Waals surface area contributed by atoms with Gasteiger partial charge in [-0.05, 0) is 36.4 Å². The molecule has 0 aliphatic rings. The average molecular weight is 329 g/mol. The molecule has 4 aromatic rings. The minimum atomic E-state index is -0.491. The van der Waals surface area contributed by atoms with Crippen LogP contribution in [-0.4, -0.2) is 20.3 Å². The quantitative estimate of drug-likeness (QED) is 0.564. The van der Waals surface area contributed by atoms with E-state index >= 15 is 0 Å². The molecule has 1 aromatic carbocycles. The van der Waals surface area contributed by atoms with Crippen LogP contribution in [0.2, 0.25) is 0 Å². The number of rotatable bonds is 3. The van der Waals surface area contributed by atoms with Crippen LogP contribution in [0.5, 0.6) is 0 Å².